The molecule has 1 aliphatic rings. The molecule has 1 aliphatic carbocycles. The van der Waals surface area contributed by atoms with Crippen molar-refractivity contribution in [3.63, 3.8) is 0 Å². The molecule has 16 nitrogen and oxygen atoms in total. The van der Waals surface area contributed by atoms with Crippen molar-refractivity contribution in [1.82, 2.24) is 0 Å². The van der Waals surface area contributed by atoms with Crippen molar-refractivity contribution < 1.29 is 56.4 Å². The van der Waals surface area contributed by atoms with Crippen LogP contribution in [-0.4, -0.2) is 75.7 Å². The Hall–Kier alpha value is -11.4. The molecule has 0 aromatic heterocycles. The van der Waals surface area contributed by atoms with Gasteiger partial charge in [-0.3, -0.25) is 19.2 Å². The van der Waals surface area contributed by atoms with Gasteiger partial charge in [0.2, 0.25) is 23.6 Å². The Labute approximate surface area is 717 Å². The lowest BCUT2D eigenvalue weighted by Crippen LogP contribution is -2.26. The van der Waals surface area contributed by atoms with Crippen LogP contribution in [0.3, 0.4) is 0 Å². The summed E-state index contributed by atoms with van der Waals surface area (Å²) < 4.78 is 91.9. The van der Waals surface area contributed by atoms with Crippen LogP contribution in [0.1, 0.15) is 124 Å². The molecule has 0 saturated carbocycles. The monoisotopic (exact) mass is 1700 g/mol. The molecule has 8 bridgehead atoms. The van der Waals surface area contributed by atoms with Crippen LogP contribution in [0, 0.1) is 11.8 Å². The Morgan fingerprint density at radius 3 is 0.631 bits per heavy atom. The summed E-state index contributed by atoms with van der Waals surface area (Å²) in [5.74, 6) is -0.0429. The van der Waals surface area contributed by atoms with E-state index in [1.165, 1.54) is 0 Å². The maximum atomic E-state index is 15.9. The van der Waals surface area contributed by atoms with Gasteiger partial charge in [-0.1, -0.05) is 309 Å². The van der Waals surface area contributed by atoms with E-state index >= 15 is 37.4 Å². The predicted octanol–water partition coefficient (Wildman–Crippen LogP) is 19.4. The van der Waals surface area contributed by atoms with Crippen molar-refractivity contribution in [3.8, 4) is 23.0 Å². The Morgan fingerprint density at radius 1 is 0.287 bits per heavy atom. The van der Waals surface area contributed by atoms with Crippen LogP contribution in [0.2, 0.25) is 0 Å². The predicted molar refractivity (Wildman–Crippen MR) is 501 cm³/mol. The Kier molecular flexibility index (Phi) is 30.1. The highest BCUT2D eigenvalue weighted by atomic mass is 31.2. The van der Waals surface area contributed by atoms with Crippen molar-refractivity contribution >= 4 is 117 Å². The molecule has 0 fully saturated rings. The Morgan fingerprint density at radius 2 is 0.467 bits per heavy atom. The summed E-state index contributed by atoms with van der Waals surface area (Å²) in [7, 11) is -11.5. The average molecular weight is 1710 g/mol. The Balaban J connectivity index is 1.05. The number of fused-ring (bicyclic) bond motifs is 8. The van der Waals surface area contributed by atoms with Gasteiger partial charge in [0.05, 0.1) is 52.1 Å². The number of nitrogens with one attached hydrogen (secondary N) is 4. The van der Waals surface area contributed by atoms with Gasteiger partial charge in [0, 0.05) is 135 Å². The molecule has 0 saturated heterocycles. The molecule has 20 heteroatoms. The standard InChI is InChI=1S/C102H108N4O12P4/c1-7-11-37-73(9-3)67-117-101-79-55-75-59-83(103-95(107)69-119(111,87-39-21-13-22-40-87)88-41-23-14-24-42-88)61-77(99(75)115-5)57-81-65-86(106-98(110)72-122(114,93-51-33-19-34-52-93)94-53-35-20-36-54-94)66-82(102(81)118-68-74(10-4)38-12-8-2)58-78-62-84(104-96(108)70-120(112,89-43-25-15-26-44-89)90-45-27-16-28-46-90)60-76(100(78)116-6)56-80(101)64-85(63-79)105-97(109)71-121(113,91-47-29-17-30-48-91)92-49-31-18-32-50-92/h13-36,39-54,59-66,73-74H,7-12,37-38,55-58,67-72H2,1-6H3,(H,103,107)(H,104,108)(H,105,109)(H,106,110). The SMILES string of the molecule is CCCCC(CC)COc1c2cc(NC(=O)CP(=O)(c3ccccc3)c3ccccc3)cc1Cc1cc(NC(=O)CP(=O)(c3ccccc3)c3ccccc3)cc(c1OC)Cc1cc(NC(=O)CP(=O)(c3ccccc3)c3ccccc3)cc(c1OCC(CC)CCCC)Cc1cc(NC(=O)CP(=O)(c3ccccc3)c3ccccc3)cc(c1OC)C2. The number of unbranched alkanes of at least 4 members (excludes halogenated alkanes) is 2. The summed E-state index contributed by atoms with van der Waals surface area (Å²) in [6, 6.07) is 87.4. The normalized spacial score (nSPS) is 12.7. The highest BCUT2D eigenvalue weighted by Gasteiger charge is 2.37. The number of anilines is 4. The fourth-order valence-electron chi connectivity index (χ4n) is 16.6. The van der Waals surface area contributed by atoms with Gasteiger partial charge >= 0.3 is 0 Å². The van der Waals surface area contributed by atoms with Gasteiger partial charge in [-0.15, -0.1) is 0 Å². The zero-order valence-electron chi connectivity index (χ0n) is 70.3. The van der Waals surface area contributed by atoms with Gasteiger partial charge in [-0.2, -0.15) is 0 Å². The van der Waals surface area contributed by atoms with Gasteiger partial charge in [0.15, 0.2) is 28.6 Å². The van der Waals surface area contributed by atoms with Crippen LogP contribution in [0.4, 0.5) is 22.7 Å². The molecule has 12 aromatic carbocycles. The van der Waals surface area contributed by atoms with Gasteiger partial charge < -0.3 is 58.5 Å². The van der Waals surface area contributed by atoms with Crippen molar-refractivity contribution in [1.29, 1.82) is 0 Å². The first-order valence-electron chi connectivity index (χ1n) is 42.2. The molecule has 4 amide bonds. The second-order valence-corrected chi connectivity index (χ2v) is 42.8. The number of carbonyl (C=O) groups excluding carboxylic acids is 4. The van der Waals surface area contributed by atoms with E-state index in [1.54, 1.807) is 111 Å². The van der Waals surface area contributed by atoms with Gasteiger partial charge in [0.1, 0.15) is 23.0 Å². The highest BCUT2D eigenvalue weighted by Crippen LogP contribution is 2.50. The molecule has 0 spiro atoms. The third-order valence-electron chi connectivity index (χ3n) is 22.9. The van der Waals surface area contributed by atoms with E-state index in [-0.39, 0.29) is 37.5 Å². The second-order valence-electron chi connectivity index (χ2n) is 31.5. The molecule has 13 rings (SSSR count). The van der Waals surface area contributed by atoms with E-state index in [0.717, 1.165) is 51.4 Å². The summed E-state index contributed by atoms with van der Waals surface area (Å²) in [5, 5.41) is 17.1. The van der Waals surface area contributed by atoms with E-state index < -0.39 is 76.8 Å². The van der Waals surface area contributed by atoms with Crippen LogP contribution in [0.25, 0.3) is 0 Å². The van der Waals surface area contributed by atoms with Crippen molar-refractivity contribution in [2.75, 3.05) is 73.3 Å². The molecule has 2 unspecified atom stereocenters. The van der Waals surface area contributed by atoms with Crippen LogP contribution in [0.15, 0.2) is 291 Å². The molecular formula is C102H108N4O12P4. The van der Waals surface area contributed by atoms with Crippen molar-refractivity contribution in [2.45, 2.75) is 105 Å². The van der Waals surface area contributed by atoms with Crippen LogP contribution >= 0.6 is 28.6 Å². The van der Waals surface area contributed by atoms with Gasteiger partial charge in [-0.25, -0.2) is 0 Å². The quantitative estimate of drug-likeness (QED) is 0.0269. The first-order chi connectivity index (χ1) is 59.3. The zero-order chi connectivity index (χ0) is 85.6. The summed E-state index contributed by atoms with van der Waals surface area (Å²) in [6.07, 6.45) is 5.79. The summed E-state index contributed by atoms with van der Waals surface area (Å²) in [6.45, 7) is 9.23. The van der Waals surface area contributed by atoms with Gasteiger partial charge in [-0.05, 0) is 73.2 Å². The van der Waals surface area contributed by atoms with Crippen LogP contribution < -0.4 is 82.7 Å². The minimum Gasteiger partial charge on any atom is -0.496 e. The number of ether oxygens (including phenoxy) is 4. The molecule has 4 N–H and O–H groups in total. The molecule has 12 aromatic rings. The van der Waals surface area contributed by atoms with Gasteiger partial charge in [0.25, 0.3) is 0 Å². The zero-order valence-corrected chi connectivity index (χ0v) is 73.9. The molecule has 122 heavy (non-hydrogen) atoms. The topological polar surface area (TPSA) is 222 Å². The number of carbonyl (C=O) groups is 4. The Bertz CT molecular complexity index is 5190. The van der Waals surface area contributed by atoms with Crippen LogP contribution in [-0.2, 0) is 63.1 Å². The summed E-state index contributed by atoms with van der Waals surface area (Å²) in [4.78, 5) is 61.7. The second kappa shape index (κ2) is 41.5. The van der Waals surface area contributed by atoms with E-state index in [0.29, 0.717) is 146 Å². The lowest BCUT2D eigenvalue weighted by molar-refractivity contribution is -0.114. The largest absolute Gasteiger partial charge is 0.496 e. The number of benzene rings is 12. The van der Waals surface area contributed by atoms with E-state index in [9.17, 15) is 0 Å². The van der Waals surface area contributed by atoms with E-state index in [4.69, 9.17) is 18.9 Å². The summed E-state index contributed by atoms with van der Waals surface area (Å²) >= 11 is 0. The lowest BCUT2D eigenvalue weighted by atomic mass is 9.90. The number of hydrogen-bond acceptors (Lipinski definition) is 12. The summed E-state index contributed by atoms with van der Waals surface area (Å²) in [5.41, 5.74) is 6.03. The average Bonchev–Trinajstić information content (AvgIpc) is 0.864. The number of rotatable bonds is 36. The first kappa shape index (κ1) is 88.4. The molecular weight excluding hydrogens is 1600 g/mol. The minimum atomic E-state index is -3.66. The van der Waals surface area contributed by atoms with E-state index in [2.05, 4.69) is 49.0 Å². The molecule has 2 atom stereocenters. The molecule has 628 valence electrons. The maximum Gasteiger partial charge on any atom is 0.232 e. The first-order valence-corrected chi connectivity index (χ1v) is 49.8. The number of methoxy groups -OCH3 is 2. The third kappa shape index (κ3) is 21.4. The molecule has 0 heterocycles. The third-order valence-corrected chi connectivity index (χ3v) is 34.9. The van der Waals surface area contributed by atoms with Crippen LogP contribution in [0.5, 0.6) is 23.0 Å². The lowest BCUT2D eigenvalue weighted by Gasteiger charge is -2.26. The fourth-order valence-corrected chi connectivity index (χ4v) is 26.4. The van der Waals surface area contributed by atoms with Crippen molar-refractivity contribution in [3.05, 3.63) is 336 Å². The molecule has 0 aliphatic heterocycles. The fraction of sp³-hybridized carbons (Fsp3) is 0.255. The maximum absolute atomic E-state index is 15.9. The smallest absolute Gasteiger partial charge is 0.232 e. The number of amides is 4. The molecule has 0 radical (unpaired) electrons. The van der Waals surface area contributed by atoms with Crippen molar-refractivity contribution in [2.24, 2.45) is 11.8 Å². The van der Waals surface area contributed by atoms with E-state index in [1.807, 2.05) is 194 Å². The highest BCUT2D eigenvalue weighted by molar-refractivity contribution is 7.80. The minimum absolute atomic E-state index is 0.0291. The number of hydrogen-bond donors (Lipinski definition) is 4.